The molecular formula is C25H25ClN2O5. The van der Waals surface area contributed by atoms with Gasteiger partial charge in [0.15, 0.2) is 5.76 Å². The van der Waals surface area contributed by atoms with Gasteiger partial charge in [-0.3, -0.25) is 9.59 Å². The zero-order valence-electron chi connectivity index (χ0n) is 18.2. The number of hydrogen-bond acceptors (Lipinski definition) is 5. The van der Waals surface area contributed by atoms with Crippen molar-refractivity contribution in [1.82, 2.24) is 5.32 Å². The molecule has 0 saturated carbocycles. The average molecular weight is 469 g/mol. The molecular weight excluding hydrogens is 444 g/mol. The Bertz CT molecular complexity index is 1110. The summed E-state index contributed by atoms with van der Waals surface area (Å²) in [6.07, 6.45) is 3.03. The molecule has 8 heteroatoms. The van der Waals surface area contributed by atoms with Gasteiger partial charge in [0.1, 0.15) is 5.75 Å². The number of nitrogens with one attached hydrogen (secondary N) is 2. The van der Waals surface area contributed by atoms with E-state index in [0.717, 1.165) is 24.2 Å². The summed E-state index contributed by atoms with van der Waals surface area (Å²) in [5.74, 6) is 0.312. The molecule has 2 N–H and O–H groups in total. The van der Waals surface area contributed by atoms with Crippen LogP contribution in [0.5, 0.6) is 5.75 Å². The number of anilines is 1. The quantitative estimate of drug-likeness (QED) is 0.525. The van der Waals surface area contributed by atoms with Crippen LogP contribution in [0, 0.1) is 0 Å². The van der Waals surface area contributed by atoms with E-state index in [2.05, 4.69) is 10.6 Å². The molecule has 4 rings (SSSR count). The van der Waals surface area contributed by atoms with Crippen molar-refractivity contribution in [3.63, 3.8) is 0 Å². The summed E-state index contributed by atoms with van der Waals surface area (Å²) in [7, 11) is 1.64. The smallest absolute Gasteiger partial charge is 0.291 e. The number of methoxy groups -OCH3 is 1. The number of carbonyl (C=O) groups excluding carboxylic acids is 2. The first kappa shape index (κ1) is 22.9. The molecule has 1 aromatic heterocycles. The van der Waals surface area contributed by atoms with Gasteiger partial charge in [0.05, 0.1) is 24.1 Å². The first-order chi connectivity index (χ1) is 16.0. The summed E-state index contributed by atoms with van der Waals surface area (Å²) in [5, 5.41) is 6.00. The third-order valence-corrected chi connectivity index (χ3v) is 6.28. The summed E-state index contributed by atoms with van der Waals surface area (Å²) >= 11 is 6.33. The Balaban J connectivity index is 1.45. The van der Waals surface area contributed by atoms with E-state index in [0.29, 0.717) is 31.0 Å². The van der Waals surface area contributed by atoms with E-state index in [1.165, 1.54) is 6.26 Å². The standard InChI is InChI=1S/C25H25ClN2O5/c1-31-19-7-5-18(6-8-19)25(10-13-32-14-11-25)16-27-23(29)17-4-9-21(20(26)15-17)28-24(30)22-3-2-12-33-22/h2-9,12,15H,10-11,13-14,16H2,1H3,(H,27,29)(H,28,30). The number of hydrogen-bond donors (Lipinski definition) is 2. The van der Waals surface area contributed by atoms with E-state index in [1.54, 1.807) is 37.4 Å². The minimum Gasteiger partial charge on any atom is -0.497 e. The van der Waals surface area contributed by atoms with Gasteiger partial charge in [-0.05, 0) is 60.9 Å². The fourth-order valence-electron chi connectivity index (χ4n) is 3.98. The molecule has 0 radical (unpaired) electrons. The topological polar surface area (TPSA) is 89.8 Å². The van der Waals surface area contributed by atoms with Gasteiger partial charge >= 0.3 is 0 Å². The maximum absolute atomic E-state index is 12.9. The number of ether oxygens (including phenoxy) is 2. The minimum atomic E-state index is -0.417. The van der Waals surface area contributed by atoms with Gasteiger partial charge < -0.3 is 24.5 Å². The van der Waals surface area contributed by atoms with E-state index in [1.807, 2.05) is 24.3 Å². The third kappa shape index (κ3) is 5.21. The molecule has 1 aliphatic rings. The van der Waals surface area contributed by atoms with Crippen LogP contribution in [0.3, 0.4) is 0 Å². The van der Waals surface area contributed by atoms with Crippen LogP contribution in [-0.4, -0.2) is 38.7 Å². The number of rotatable bonds is 7. The first-order valence-corrected chi connectivity index (χ1v) is 11.0. The molecule has 0 spiro atoms. The van der Waals surface area contributed by atoms with Crippen molar-refractivity contribution in [3.8, 4) is 5.75 Å². The molecule has 1 aliphatic heterocycles. The predicted octanol–water partition coefficient (Wildman–Crippen LogP) is 4.67. The van der Waals surface area contributed by atoms with Crippen molar-refractivity contribution >= 4 is 29.1 Å². The van der Waals surface area contributed by atoms with E-state index in [9.17, 15) is 9.59 Å². The Morgan fingerprint density at radius 3 is 2.45 bits per heavy atom. The zero-order valence-corrected chi connectivity index (χ0v) is 19.0. The molecule has 0 unspecified atom stereocenters. The normalized spacial score (nSPS) is 15.0. The van der Waals surface area contributed by atoms with Crippen LogP contribution in [0.25, 0.3) is 0 Å². The highest BCUT2D eigenvalue weighted by Gasteiger charge is 2.35. The van der Waals surface area contributed by atoms with Gasteiger partial charge in [-0.15, -0.1) is 0 Å². The highest BCUT2D eigenvalue weighted by Crippen LogP contribution is 2.35. The Morgan fingerprint density at radius 2 is 1.82 bits per heavy atom. The van der Waals surface area contributed by atoms with Crippen LogP contribution in [-0.2, 0) is 10.2 Å². The van der Waals surface area contributed by atoms with E-state index in [-0.39, 0.29) is 22.1 Å². The molecule has 33 heavy (non-hydrogen) atoms. The van der Waals surface area contributed by atoms with E-state index >= 15 is 0 Å². The molecule has 0 bridgehead atoms. The lowest BCUT2D eigenvalue weighted by atomic mass is 9.74. The van der Waals surface area contributed by atoms with Crippen LogP contribution < -0.4 is 15.4 Å². The van der Waals surface area contributed by atoms with Crippen LogP contribution in [0.4, 0.5) is 5.69 Å². The Morgan fingerprint density at radius 1 is 1.06 bits per heavy atom. The van der Waals surface area contributed by atoms with Crippen molar-refractivity contribution in [2.24, 2.45) is 0 Å². The van der Waals surface area contributed by atoms with Crippen LogP contribution in [0.1, 0.15) is 39.3 Å². The maximum atomic E-state index is 12.9. The highest BCUT2D eigenvalue weighted by atomic mass is 35.5. The Labute approximate surface area is 197 Å². The second-order valence-electron chi connectivity index (χ2n) is 7.93. The first-order valence-electron chi connectivity index (χ1n) is 10.7. The lowest BCUT2D eigenvalue weighted by molar-refractivity contribution is 0.0487. The van der Waals surface area contributed by atoms with Gasteiger partial charge in [0, 0.05) is 30.7 Å². The van der Waals surface area contributed by atoms with Gasteiger partial charge in [0.2, 0.25) is 0 Å². The largest absolute Gasteiger partial charge is 0.497 e. The molecule has 1 fully saturated rings. The van der Waals surface area contributed by atoms with Crippen molar-refractivity contribution in [2.75, 3.05) is 32.2 Å². The Hall–Kier alpha value is -3.29. The molecule has 7 nitrogen and oxygen atoms in total. The highest BCUT2D eigenvalue weighted by molar-refractivity contribution is 6.34. The van der Waals surface area contributed by atoms with Crippen molar-refractivity contribution in [2.45, 2.75) is 18.3 Å². The SMILES string of the molecule is COc1ccc(C2(CNC(=O)c3ccc(NC(=O)c4ccco4)c(Cl)c3)CCOCC2)cc1. The molecule has 0 aliphatic carbocycles. The lowest BCUT2D eigenvalue weighted by Gasteiger charge is -2.38. The van der Waals surface area contributed by atoms with Gasteiger partial charge in [-0.1, -0.05) is 23.7 Å². The number of amides is 2. The van der Waals surface area contributed by atoms with Crippen LogP contribution in [0.15, 0.2) is 65.3 Å². The predicted molar refractivity (Wildman–Crippen MR) is 125 cm³/mol. The molecule has 0 atom stereocenters. The lowest BCUT2D eigenvalue weighted by Crippen LogP contribution is -2.44. The van der Waals surface area contributed by atoms with Gasteiger partial charge in [-0.2, -0.15) is 0 Å². The summed E-state index contributed by atoms with van der Waals surface area (Å²) < 4.78 is 15.9. The number of halogens is 1. The van der Waals surface area contributed by atoms with E-state index < -0.39 is 5.91 Å². The van der Waals surface area contributed by atoms with Gasteiger partial charge in [-0.25, -0.2) is 0 Å². The average Bonchev–Trinajstić information content (AvgIpc) is 3.40. The van der Waals surface area contributed by atoms with E-state index in [4.69, 9.17) is 25.5 Å². The van der Waals surface area contributed by atoms with Crippen molar-refractivity contribution < 1.29 is 23.5 Å². The second-order valence-corrected chi connectivity index (χ2v) is 8.34. The summed E-state index contributed by atoms with van der Waals surface area (Å²) in [5.41, 5.74) is 1.73. The number of carbonyl (C=O) groups is 2. The second kappa shape index (κ2) is 10.1. The molecule has 172 valence electrons. The molecule has 2 aromatic carbocycles. The maximum Gasteiger partial charge on any atom is 0.291 e. The van der Waals surface area contributed by atoms with Crippen LogP contribution >= 0.6 is 11.6 Å². The molecule has 1 saturated heterocycles. The monoisotopic (exact) mass is 468 g/mol. The summed E-state index contributed by atoms with van der Waals surface area (Å²) in [6, 6.07) is 15.9. The molecule has 3 aromatic rings. The minimum absolute atomic E-state index is 0.174. The fraction of sp³-hybridized carbons (Fsp3) is 0.280. The third-order valence-electron chi connectivity index (χ3n) is 5.96. The van der Waals surface area contributed by atoms with Gasteiger partial charge in [0.25, 0.3) is 11.8 Å². The fourth-order valence-corrected chi connectivity index (χ4v) is 4.20. The molecule has 2 amide bonds. The van der Waals surface area contributed by atoms with Crippen molar-refractivity contribution in [3.05, 3.63) is 82.8 Å². The summed E-state index contributed by atoms with van der Waals surface area (Å²) in [4.78, 5) is 25.1. The van der Waals surface area contributed by atoms with Crippen molar-refractivity contribution in [1.29, 1.82) is 0 Å². The number of benzene rings is 2. The van der Waals surface area contributed by atoms with Crippen LogP contribution in [0.2, 0.25) is 5.02 Å². The number of furan rings is 1. The zero-order chi connectivity index (χ0) is 23.3. The molecule has 2 heterocycles. The summed E-state index contributed by atoms with van der Waals surface area (Å²) in [6.45, 7) is 1.74. The Kier molecular flexibility index (Phi) is 7.01.